The lowest BCUT2D eigenvalue weighted by Gasteiger charge is -2.06. The first kappa shape index (κ1) is 14.1. The fourth-order valence-electron chi connectivity index (χ4n) is 1.40. The van der Waals surface area contributed by atoms with Crippen molar-refractivity contribution < 1.29 is 13.2 Å². The number of hydrogen-bond donors (Lipinski definition) is 0. The van der Waals surface area contributed by atoms with Crippen LogP contribution < -0.4 is 4.74 Å². The van der Waals surface area contributed by atoms with E-state index in [0.29, 0.717) is 0 Å². The van der Waals surface area contributed by atoms with E-state index in [2.05, 4.69) is 4.98 Å². The van der Waals surface area contributed by atoms with Gasteiger partial charge in [0.15, 0.2) is 0 Å². The molecular weight excluding hydrogens is 309 g/mol. The summed E-state index contributed by atoms with van der Waals surface area (Å²) in [5.41, 5.74) is 0.930. The lowest BCUT2D eigenvalue weighted by atomic mass is 10.2. The van der Waals surface area contributed by atoms with Gasteiger partial charge in [0.1, 0.15) is 11.8 Å². The second-order valence-corrected chi connectivity index (χ2v) is 6.63. The van der Waals surface area contributed by atoms with Gasteiger partial charge in [-0.25, -0.2) is 13.4 Å². The van der Waals surface area contributed by atoms with Gasteiger partial charge >= 0.3 is 0 Å². The minimum atomic E-state index is -3.86. The molecule has 2 aromatic rings. The summed E-state index contributed by atoms with van der Waals surface area (Å²) in [6.45, 7) is 0.260. The molecule has 0 unspecified atom stereocenters. The maximum absolute atomic E-state index is 11.2. The van der Waals surface area contributed by atoms with Gasteiger partial charge < -0.3 is 4.74 Å². The number of halogens is 2. The zero-order valence-corrected chi connectivity index (χ0v) is 11.9. The van der Waals surface area contributed by atoms with Gasteiger partial charge in [0, 0.05) is 16.7 Å². The van der Waals surface area contributed by atoms with Crippen LogP contribution in [-0.4, -0.2) is 13.4 Å². The molecule has 0 atom stereocenters. The van der Waals surface area contributed by atoms with E-state index in [9.17, 15) is 8.42 Å². The van der Waals surface area contributed by atoms with Crippen LogP contribution in [0.4, 0.5) is 0 Å². The van der Waals surface area contributed by atoms with Gasteiger partial charge in [-0.3, -0.25) is 0 Å². The van der Waals surface area contributed by atoms with Crippen molar-refractivity contribution in [3.63, 3.8) is 0 Å². The van der Waals surface area contributed by atoms with Crippen LogP contribution in [0, 0.1) is 0 Å². The molecule has 0 fully saturated rings. The first-order valence-corrected chi connectivity index (χ1v) is 7.93. The number of hydrogen-bond acceptors (Lipinski definition) is 4. The molecule has 0 bridgehead atoms. The van der Waals surface area contributed by atoms with Crippen LogP contribution in [0.3, 0.4) is 0 Å². The Morgan fingerprint density at radius 2 is 1.84 bits per heavy atom. The Hall–Kier alpha value is -1.30. The number of nitrogens with zero attached hydrogens (tertiary/aromatic N) is 1. The molecule has 0 amide bonds. The highest BCUT2D eigenvalue weighted by Crippen LogP contribution is 2.23. The maximum Gasteiger partial charge on any atom is 0.261 e. The quantitative estimate of drug-likeness (QED) is 0.641. The van der Waals surface area contributed by atoms with Crippen LogP contribution in [0.1, 0.15) is 5.56 Å². The Morgan fingerprint density at radius 1 is 1.16 bits per heavy atom. The van der Waals surface area contributed by atoms with Crippen molar-refractivity contribution in [2.45, 2.75) is 11.5 Å². The largest absolute Gasteiger partial charge is 0.473 e. The molecule has 1 aromatic heterocycles. The van der Waals surface area contributed by atoms with Gasteiger partial charge in [0.2, 0.25) is 5.88 Å². The predicted molar refractivity (Wildman–Crippen MR) is 73.1 cm³/mol. The van der Waals surface area contributed by atoms with Crippen molar-refractivity contribution >= 4 is 31.3 Å². The lowest BCUT2D eigenvalue weighted by Crippen LogP contribution is -1.99. The van der Waals surface area contributed by atoms with Gasteiger partial charge in [-0.1, -0.05) is 41.9 Å². The van der Waals surface area contributed by atoms with Crippen molar-refractivity contribution in [1.82, 2.24) is 4.98 Å². The number of aromatic nitrogens is 1. The average molecular weight is 318 g/mol. The van der Waals surface area contributed by atoms with E-state index < -0.39 is 9.05 Å². The van der Waals surface area contributed by atoms with Crippen molar-refractivity contribution in [1.29, 1.82) is 0 Å². The monoisotopic (exact) mass is 317 g/mol. The van der Waals surface area contributed by atoms with Crippen LogP contribution >= 0.6 is 22.3 Å². The van der Waals surface area contributed by atoms with E-state index in [1.807, 2.05) is 30.3 Å². The minimum Gasteiger partial charge on any atom is -0.473 e. The molecule has 7 heteroatoms. The third-order valence-electron chi connectivity index (χ3n) is 2.26. The average Bonchev–Trinajstić information content (AvgIpc) is 2.36. The fourth-order valence-corrected chi connectivity index (χ4v) is 2.42. The fraction of sp³-hybridized carbons (Fsp3) is 0.0833. The first-order chi connectivity index (χ1) is 8.95. The number of ether oxygens (including phenoxy) is 1. The molecule has 1 aromatic carbocycles. The highest BCUT2D eigenvalue weighted by atomic mass is 35.7. The summed E-state index contributed by atoms with van der Waals surface area (Å²) in [7, 11) is 1.39. The molecule has 0 radical (unpaired) electrons. The van der Waals surface area contributed by atoms with Crippen molar-refractivity contribution in [2.75, 3.05) is 0 Å². The Labute approximate surface area is 120 Å². The maximum atomic E-state index is 11.2. The van der Waals surface area contributed by atoms with Gasteiger partial charge in [0.05, 0.1) is 4.90 Å². The van der Waals surface area contributed by atoms with Crippen LogP contribution in [0.2, 0.25) is 5.15 Å². The molecule has 0 saturated heterocycles. The van der Waals surface area contributed by atoms with Gasteiger partial charge in [-0.05, 0) is 11.6 Å². The second-order valence-electron chi connectivity index (χ2n) is 3.68. The molecule has 0 aliphatic carbocycles. The van der Waals surface area contributed by atoms with Crippen LogP contribution in [0.15, 0.2) is 47.4 Å². The molecular formula is C12H9Cl2NO3S. The normalized spacial score (nSPS) is 11.3. The molecule has 2 rings (SSSR count). The van der Waals surface area contributed by atoms with Gasteiger partial charge in [0.25, 0.3) is 9.05 Å². The molecule has 0 aliphatic rings. The Kier molecular flexibility index (Phi) is 4.29. The third kappa shape index (κ3) is 4.09. The Bertz CT molecular complexity index is 675. The number of benzene rings is 1. The standard InChI is InChI=1S/C12H9Cl2NO3S/c13-11-6-10(19(14,16)17)7-12(15-11)18-8-9-4-2-1-3-5-9/h1-7H,8H2. The molecule has 0 N–H and O–H groups in total. The summed E-state index contributed by atoms with van der Waals surface area (Å²) in [6, 6.07) is 11.8. The van der Waals surface area contributed by atoms with Gasteiger partial charge in [-0.2, -0.15) is 0 Å². The van der Waals surface area contributed by atoms with Crippen LogP contribution in [-0.2, 0) is 15.7 Å². The zero-order chi connectivity index (χ0) is 13.9. The second kappa shape index (κ2) is 5.77. The highest BCUT2D eigenvalue weighted by Gasteiger charge is 2.13. The third-order valence-corrected chi connectivity index (χ3v) is 3.78. The minimum absolute atomic E-state index is 0.00443. The van der Waals surface area contributed by atoms with Crippen LogP contribution in [0.5, 0.6) is 5.88 Å². The van der Waals surface area contributed by atoms with E-state index in [1.54, 1.807) is 0 Å². The van der Waals surface area contributed by atoms with Crippen LogP contribution in [0.25, 0.3) is 0 Å². The van der Waals surface area contributed by atoms with Crippen molar-refractivity contribution in [2.24, 2.45) is 0 Å². The smallest absolute Gasteiger partial charge is 0.261 e. The molecule has 4 nitrogen and oxygen atoms in total. The van der Waals surface area contributed by atoms with E-state index in [0.717, 1.165) is 5.56 Å². The molecule has 0 saturated carbocycles. The SMILES string of the molecule is O=S(=O)(Cl)c1cc(Cl)nc(OCc2ccccc2)c1. The molecule has 100 valence electrons. The summed E-state index contributed by atoms with van der Waals surface area (Å²) in [5, 5.41) is 0.00443. The zero-order valence-electron chi connectivity index (χ0n) is 9.58. The number of pyridine rings is 1. The summed E-state index contributed by atoms with van der Waals surface area (Å²) in [5.74, 6) is 0.107. The van der Waals surface area contributed by atoms with E-state index in [1.165, 1.54) is 12.1 Å². The Balaban J connectivity index is 2.19. The Morgan fingerprint density at radius 3 is 2.47 bits per heavy atom. The molecule has 0 spiro atoms. The summed E-state index contributed by atoms with van der Waals surface area (Å²) in [6.07, 6.45) is 0. The highest BCUT2D eigenvalue weighted by molar-refractivity contribution is 8.13. The molecule has 1 heterocycles. The van der Waals surface area contributed by atoms with Crippen molar-refractivity contribution in [3.8, 4) is 5.88 Å². The van der Waals surface area contributed by atoms with E-state index in [-0.39, 0.29) is 22.5 Å². The van der Waals surface area contributed by atoms with E-state index in [4.69, 9.17) is 27.0 Å². The lowest BCUT2D eigenvalue weighted by molar-refractivity contribution is 0.293. The molecule has 0 aliphatic heterocycles. The predicted octanol–water partition coefficient (Wildman–Crippen LogP) is 3.24. The first-order valence-electron chi connectivity index (χ1n) is 5.24. The summed E-state index contributed by atoms with van der Waals surface area (Å²) < 4.78 is 27.9. The topological polar surface area (TPSA) is 56.3 Å². The van der Waals surface area contributed by atoms with Crippen molar-refractivity contribution in [3.05, 3.63) is 53.2 Å². The number of rotatable bonds is 4. The van der Waals surface area contributed by atoms with Gasteiger partial charge in [-0.15, -0.1) is 0 Å². The summed E-state index contributed by atoms with van der Waals surface area (Å²) >= 11 is 5.72. The summed E-state index contributed by atoms with van der Waals surface area (Å²) in [4.78, 5) is 3.74. The molecule has 19 heavy (non-hydrogen) atoms. The van der Waals surface area contributed by atoms with E-state index >= 15 is 0 Å².